The Morgan fingerprint density at radius 2 is 1.76 bits per heavy atom. The number of likely N-dealkylation sites (tertiary alicyclic amines) is 1. The van der Waals surface area contributed by atoms with Gasteiger partial charge in [0.2, 0.25) is 0 Å². The average Bonchev–Trinajstić information content (AvgIpc) is 3.70. The van der Waals surface area contributed by atoms with Crippen LogP contribution in [0.15, 0.2) is 59.0 Å². The van der Waals surface area contributed by atoms with Gasteiger partial charge in [-0.25, -0.2) is 9.18 Å². The van der Waals surface area contributed by atoms with E-state index in [1.807, 2.05) is 13.8 Å². The number of fused-ring (bicyclic) bond motifs is 2. The minimum atomic E-state index is -0.403. The normalized spacial score (nSPS) is 20.0. The zero-order chi connectivity index (χ0) is 29.2. The SMILES string of the molecule is CCOc1cc(CN2CCC3C(Nc4nc5ccc(C(=O)OC)cc5o4)CCC32)cc(OCC)c1-c1ccc(F)cc1. The van der Waals surface area contributed by atoms with E-state index in [1.54, 1.807) is 30.3 Å². The predicted molar refractivity (Wildman–Crippen MR) is 158 cm³/mol. The zero-order valence-corrected chi connectivity index (χ0v) is 24.2. The summed E-state index contributed by atoms with van der Waals surface area (Å²) in [6.45, 7) is 6.75. The molecule has 4 aromatic rings. The molecule has 220 valence electrons. The lowest BCUT2D eigenvalue weighted by Crippen LogP contribution is -2.32. The Balaban J connectivity index is 1.18. The number of benzene rings is 3. The summed E-state index contributed by atoms with van der Waals surface area (Å²) in [7, 11) is 1.36. The lowest BCUT2D eigenvalue weighted by Gasteiger charge is -2.25. The third-order valence-corrected chi connectivity index (χ3v) is 8.37. The van der Waals surface area contributed by atoms with Crippen LogP contribution < -0.4 is 14.8 Å². The van der Waals surface area contributed by atoms with Crippen LogP contribution in [0.1, 0.15) is 49.0 Å². The number of esters is 1. The van der Waals surface area contributed by atoms with Crippen LogP contribution in [0.5, 0.6) is 11.5 Å². The van der Waals surface area contributed by atoms with Gasteiger partial charge in [-0.1, -0.05) is 12.1 Å². The number of anilines is 1. The van der Waals surface area contributed by atoms with Crippen molar-refractivity contribution in [1.82, 2.24) is 9.88 Å². The molecule has 0 spiro atoms. The van der Waals surface area contributed by atoms with Crippen molar-refractivity contribution in [2.75, 3.05) is 32.2 Å². The fourth-order valence-corrected chi connectivity index (χ4v) is 6.55. The number of oxazole rings is 1. The van der Waals surface area contributed by atoms with Gasteiger partial charge in [0.25, 0.3) is 6.01 Å². The molecule has 2 fully saturated rings. The monoisotopic (exact) mass is 573 g/mol. The first-order valence-electron chi connectivity index (χ1n) is 14.6. The van der Waals surface area contributed by atoms with Crippen molar-refractivity contribution in [3.8, 4) is 22.6 Å². The van der Waals surface area contributed by atoms with Crippen molar-refractivity contribution < 1.29 is 27.8 Å². The molecule has 0 amide bonds. The summed E-state index contributed by atoms with van der Waals surface area (Å²) in [6, 6.07) is 17.0. The molecular formula is C33H36FN3O5. The molecule has 1 aromatic heterocycles. The number of hydrogen-bond donors (Lipinski definition) is 1. The number of nitrogens with one attached hydrogen (secondary N) is 1. The predicted octanol–water partition coefficient (Wildman–Crippen LogP) is 6.68. The summed E-state index contributed by atoms with van der Waals surface area (Å²) in [4.78, 5) is 19.1. The highest BCUT2D eigenvalue weighted by Crippen LogP contribution is 2.43. The van der Waals surface area contributed by atoms with E-state index < -0.39 is 5.97 Å². The second-order valence-corrected chi connectivity index (χ2v) is 10.9. The number of halogens is 1. The molecule has 3 atom stereocenters. The summed E-state index contributed by atoms with van der Waals surface area (Å²) in [5, 5.41) is 3.54. The van der Waals surface area contributed by atoms with Crippen LogP contribution in [-0.2, 0) is 11.3 Å². The van der Waals surface area contributed by atoms with Gasteiger partial charge >= 0.3 is 5.97 Å². The van der Waals surface area contributed by atoms with Crippen LogP contribution in [0, 0.1) is 11.7 Å². The van der Waals surface area contributed by atoms with Crippen LogP contribution in [0.2, 0.25) is 0 Å². The van der Waals surface area contributed by atoms with Crippen LogP contribution in [0.3, 0.4) is 0 Å². The highest BCUT2D eigenvalue weighted by atomic mass is 19.1. The van der Waals surface area contributed by atoms with Crippen molar-refractivity contribution in [2.24, 2.45) is 5.92 Å². The lowest BCUT2D eigenvalue weighted by molar-refractivity contribution is 0.0600. The molecule has 1 N–H and O–H groups in total. The van der Waals surface area contributed by atoms with E-state index in [2.05, 4.69) is 27.3 Å². The Morgan fingerprint density at radius 3 is 2.45 bits per heavy atom. The van der Waals surface area contributed by atoms with Crippen LogP contribution >= 0.6 is 0 Å². The molecule has 2 aliphatic rings. The quantitative estimate of drug-likeness (QED) is 0.210. The second-order valence-electron chi connectivity index (χ2n) is 10.9. The summed E-state index contributed by atoms with van der Waals surface area (Å²) in [5.41, 5.74) is 4.54. The fraction of sp³-hybridized carbons (Fsp3) is 0.394. The molecule has 0 bridgehead atoms. The van der Waals surface area contributed by atoms with E-state index in [0.29, 0.717) is 47.9 Å². The molecular weight excluding hydrogens is 537 g/mol. The number of rotatable bonds is 10. The van der Waals surface area contributed by atoms with Crippen LogP contribution in [0.25, 0.3) is 22.2 Å². The van der Waals surface area contributed by atoms with Gasteiger partial charge in [0, 0.05) is 18.6 Å². The van der Waals surface area contributed by atoms with Gasteiger partial charge in [-0.15, -0.1) is 0 Å². The van der Waals surface area contributed by atoms with Crippen molar-refractivity contribution in [2.45, 2.75) is 51.7 Å². The Bertz CT molecular complexity index is 1540. The Morgan fingerprint density at radius 1 is 1.02 bits per heavy atom. The molecule has 3 unspecified atom stereocenters. The molecule has 3 aromatic carbocycles. The van der Waals surface area contributed by atoms with Crippen molar-refractivity contribution in [1.29, 1.82) is 0 Å². The number of carbonyl (C=O) groups is 1. The lowest BCUT2D eigenvalue weighted by atomic mass is 9.99. The minimum Gasteiger partial charge on any atom is -0.493 e. The second kappa shape index (κ2) is 12.0. The van der Waals surface area contributed by atoms with E-state index in [9.17, 15) is 9.18 Å². The molecule has 2 heterocycles. The van der Waals surface area contributed by atoms with E-state index in [1.165, 1.54) is 19.2 Å². The summed E-state index contributed by atoms with van der Waals surface area (Å²) >= 11 is 0. The third-order valence-electron chi connectivity index (χ3n) is 8.37. The fourth-order valence-electron chi connectivity index (χ4n) is 6.55. The number of nitrogens with zero attached hydrogens (tertiary/aromatic N) is 2. The van der Waals surface area contributed by atoms with Gasteiger partial charge in [0.15, 0.2) is 5.58 Å². The van der Waals surface area contributed by atoms with Crippen molar-refractivity contribution in [3.63, 3.8) is 0 Å². The summed E-state index contributed by atoms with van der Waals surface area (Å²) < 4.78 is 36.6. The number of carbonyl (C=O) groups excluding carboxylic acids is 1. The Labute approximate surface area is 244 Å². The van der Waals surface area contributed by atoms with Crippen LogP contribution in [0.4, 0.5) is 10.4 Å². The molecule has 1 saturated carbocycles. The average molecular weight is 574 g/mol. The first-order valence-corrected chi connectivity index (χ1v) is 14.6. The molecule has 8 nitrogen and oxygen atoms in total. The zero-order valence-electron chi connectivity index (χ0n) is 24.2. The van der Waals surface area contributed by atoms with Crippen molar-refractivity contribution >= 4 is 23.1 Å². The first kappa shape index (κ1) is 28.0. The standard InChI is InChI=1S/C33H36FN3O5/c1-4-40-29-16-20(17-30(41-5-2)31(29)21-6-9-23(34)10-7-21)19-37-15-14-24-25(12-13-27(24)37)35-33-36-26-11-8-22(32(38)39-3)18-28(26)42-33/h6-11,16-18,24-25,27H,4-5,12-15,19H2,1-3H3,(H,35,36). The Kier molecular flexibility index (Phi) is 8.02. The molecule has 6 rings (SSSR count). The Hall–Kier alpha value is -4.11. The minimum absolute atomic E-state index is 0.256. The van der Waals surface area contributed by atoms with E-state index in [4.69, 9.17) is 18.6 Å². The highest BCUT2D eigenvalue weighted by molar-refractivity contribution is 5.93. The number of hydrogen-bond acceptors (Lipinski definition) is 8. The number of ether oxygens (including phenoxy) is 3. The number of aromatic nitrogens is 1. The van der Waals surface area contributed by atoms with E-state index in [0.717, 1.165) is 60.5 Å². The summed E-state index contributed by atoms with van der Waals surface area (Å²) in [6.07, 6.45) is 3.19. The maximum absolute atomic E-state index is 13.7. The molecule has 42 heavy (non-hydrogen) atoms. The maximum Gasteiger partial charge on any atom is 0.337 e. The van der Waals surface area contributed by atoms with E-state index >= 15 is 0 Å². The van der Waals surface area contributed by atoms with E-state index in [-0.39, 0.29) is 11.9 Å². The first-order chi connectivity index (χ1) is 20.5. The van der Waals surface area contributed by atoms with Gasteiger partial charge in [-0.3, -0.25) is 4.90 Å². The van der Waals surface area contributed by atoms with Crippen LogP contribution in [-0.4, -0.2) is 54.8 Å². The smallest absolute Gasteiger partial charge is 0.337 e. The highest BCUT2D eigenvalue weighted by Gasteiger charge is 2.44. The van der Waals surface area contributed by atoms with Gasteiger partial charge in [0.1, 0.15) is 22.8 Å². The van der Waals surface area contributed by atoms with Gasteiger partial charge in [-0.2, -0.15) is 4.98 Å². The molecule has 0 radical (unpaired) electrons. The van der Waals surface area contributed by atoms with Gasteiger partial charge in [-0.05, 0) is 99.2 Å². The molecule has 1 saturated heterocycles. The van der Waals surface area contributed by atoms with Gasteiger partial charge < -0.3 is 23.9 Å². The molecule has 1 aliphatic heterocycles. The molecule has 9 heteroatoms. The van der Waals surface area contributed by atoms with Crippen molar-refractivity contribution in [3.05, 3.63) is 71.5 Å². The molecule has 1 aliphatic carbocycles. The largest absolute Gasteiger partial charge is 0.493 e. The number of methoxy groups -OCH3 is 1. The van der Waals surface area contributed by atoms with Gasteiger partial charge in [0.05, 0.1) is 31.5 Å². The maximum atomic E-state index is 13.7. The topological polar surface area (TPSA) is 86.1 Å². The third kappa shape index (κ3) is 5.53. The summed E-state index contributed by atoms with van der Waals surface area (Å²) in [5.74, 6) is 1.29.